The van der Waals surface area contributed by atoms with Gasteiger partial charge in [-0.05, 0) is 31.3 Å². The van der Waals surface area contributed by atoms with Crippen molar-refractivity contribution in [3.8, 4) is 5.75 Å². The number of hydrogen-bond acceptors (Lipinski definition) is 5. The van der Waals surface area contributed by atoms with E-state index in [1.54, 1.807) is 5.32 Å². The fraction of sp³-hybridized carbons (Fsp3) is 0.364. The molecule has 128 valence electrons. The molecule has 0 spiro atoms. The second kappa shape index (κ2) is 6.89. The maximum atomic E-state index is 12.8. The van der Waals surface area contributed by atoms with E-state index in [0.29, 0.717) is 5.69 Å². The van der Waals surface area contributed by atoms with Gasteiger partial charge in [0.15, 0.2) is 23.3 Å². The Morgan fingerprint density at radius 3 is 2.48 bits per heavy atom. The van der Waals surface area contributed by atoms with Crippen molar-refractivity contribution in [2.75, 3.05) is 11.9 Å². The quantitative estimate of drug-likeness (QED) is 0.628. The van der Waals surface area contributed by atoms with Crippen LogP contribution in [0.5, 0.6) is 5.75 Å². The van der Waals surface area contributed by atoms with E-state index in [2.05, 4.69) is 27.3 Å². The van der Waals surface area contributed by atoms with Gasteiger partial charge in [-0.25, -0.2) is 4.98 Å². The summed E-state index contributed by atoms with van der Waals surface area (Å²) in [6.07, 6.45) is -7.52. The molecular weight excluding hydrogens is 349 g/mol. The van der Waals surface area contributed by atoms with Crippen LogP contribution in [-0.2, 0) is 0 Å². The molecule has 6 nitrogen and oxygen atoms in total. The lowest BCUT2D eigenvalue weighted by Gasteiger charge is -2.21. The highest BCUT2D eigenvalue weighted by Gasteiger charge is 2.58. The third kappa shape index (κ3) is 5.47. The standard InChI is InChI=1S/C11H10F5N3O3S/c1-5-2-3-6(22-4-10(12,13)11(14,15)16)7(17-5)18-8(23)19-9(20)21/h2-3H,4H2,1H3,(H,20,21)(H2,17,18,19,23)/p-1. The number of carbonyl (C=O) groups is 1. The number of anilines is 1. The topological polar surface area (TPSA) is 86.3 Å². The first-order valence-electron chi connectivity index (χ1n) is 5.76. The van der Waals surface area contributed by atoms with Crippen molar-refractivity contribution in [3.05, 3.63) is 17.8 Å². The molecule has 2 N–H and O–H groups in total. The van der Waals surface area contributed by atoms with Crippen LogP contribution in [0.25, 0.3) is 0 Å². The van der Waals surface area contributed by atoms with Gasteiger partial charge in [0, 0.05) is 5.69 Å². The second-order valence-electron chi connectivity index (χ2n) is 4.16. The smallest absolute Gasteiger partial charge is 0.456 e. The van der Waals surface area contributed by atoms with Gasteiger partial charge >= 0.3 is 12.1 Å². The third-order valence-corrected chi connectivity index (χ3v) is 2.47. The second-order valence-corrected chi connectivity index (χ2v) is 4.57. The zero-order chi connectivity index (χ0) is 17.8. The van der Waals surface area contributed by atoms with Gasteiger partial charge in [0.2, 0.25) is 0 Å². The van der Waals surface area contributed by atoms with Crippen LogP contribution in [-0.4, -0.2) is 34.9 Å². The molecule has 0 atom stereocenters. The molecule has 23 heavy (non-hydrogen) atoms. The molecule has 0 unspecified atom stereocenters. The highest BCUT2D eigenvalue weighted by Crippen LogP contribution is 2.36. The van der Waals surface area contributed by atoms with E-state index in [0.717, 1.165) is 6.07 Å². The van der Waals surface area contributed by atoms with Crippen molar-refractivity contribution < 1.29 is 36.6 Å². The van der Waals surface area contributed by atoms with Gasteiger partial charge in [-0.15, -0.1) is 0 Å². The molecule has 0 aromatic carbocycles. The monoisotopic (exact) mass is 358 g/mol. The zero-order valence-corrected chi connectivity index (χ0v) is 12.1. The van der Waals surface area contributed by atoms with Crippen molar-refractivity contribution >= 4 is 29.2 Å². The normalized spacial score (nSPS) is 11.7. The molecule has 0 saturated heterocycles. The molecule has 1 heterocycles. The summed E-state index contributed by atoms with van der Waals surface area (Å²) in [4.78, 5) is 14.1. The van der Waals surface area contributed by atoms with Gasteiger partial charge in [0.05, 0.1) is 0 Å². The van der Waals surface area contributed by atoms with Crippen LogP contribution in [0, 0.1) is 6.92 Å². The molecule has 1 aromatic heterocycles. The number of hydrogen-bond donors (Lipinski definition) is 2. The van der Waals surface area contributed by atoms with Gasteiger partial charge in [0.25, 0.3) is 0 Å². The minimum atomic E-state index is -5.77. The Morgan fingerprint density at radius 2 is 1.96 bits per heavy atom. The van der Waals surface area contributed by atoms with Gasteiger partial charge in [-0.1, -0.05) is 0 Å². The van der Waals surface area contributed by atoms with Gasteiger partial charge < -0.3 is 25.3 Å². The summed E-state index contributed by atoms with van der Waals surface area (Å²) >= 11 is 4.57. The Labute approximate surface area is 131 Å². The number of rotatable bonds is 4. The molecule has 0 saturated carbocycles. The predicted octanol–water partition coefficient (Wildman–Crippen LogP) is 1.60. The van der Waals surface area contributed by atoms with E-state index >= 15 is 0 Å². The molecular formula is C11H9F5N3O3S-. The SMILES string of the molecule is Cc1ccc(OCC(F)(F)C(F)(F)F)c(NC(=S)NC(=O)[O-])n1. The minimum Gasteiger partial charge on any atom is -0.530 e. The Balaban J connectivity index is 2.91. The number of alkyl halides is 5. The van der Waals surface area contributed by atoms with Gasteiger partial charge in [0.1, 0.15) is 6.09 Å². The molecule has 1 aromatic rings. The van der Waals surface area contributed by atoms with E-state index in [4.69, 9.17) is 0 Å². The number of thiocarbonyl (C=S) groups is 1. The van der Waals surface area contributed by atoms with Crippen LogP contribution >= 0.6 is 12.2 Å². The molecule has 0 aliphatic heterocycles. The average Bonchev–Trinajstić information content (AvgIpc) is 2.35. The van der Waals surface area contributed by atoms with Crippen LogP contribution in [0.3, 0.4) is 0 Å². The first-order chi connectivity index (χ1) is 10.4. The highest BCUT2D eigenvalue weighted by molar-refractivity contribution is 7.80. The van der Waals surface area contributed by atoms with Crippen LogP contribution in [0.4, 0.5) is 32.6 Å². The Bertz CT molecular complexity index is 609. The molecule has 0 fully saturated rings. The van der Waals surface area contributed by atoms with Crippen molar-refractivity contribution in [1.29, 1.82) is 0 Å². The largest absolute Gasteiger partial charge is 0.530 e. The first kappa shape index (κ1) is 18.8. The summed E-state index contributed by atoms with van der Waals surface area (Å²) in [7, 11) is 0. The maximum absolute atomic E-state index is 12.8. The molecule has 12 heteroatoms. The molecule has 0 aliphatic rings. The summed E-state index contributed by atoms with van der Waals surface area (Å²) in [5.74, 6) is -5.87. The molecule has 1 amide bonds. The Kier molecular flexibility index (Phi) is 5.64. The number of halogens is 5. The lowest BCUT2D eigenvalue weighted by Crippen LogP contribution is -2.43. The fourth-order valence-electron chi connectivity index (χ4n) is 1.23. The van der Waals surface area contributed by atoms with Gasteiger partial charge in [-0.2, -0.15) is 22.0 Å². The fourth-order valence-corrected chi connectivity index (χ4v) is 1.41. The number of carboxylic acid groups (broad SMARTS) is 1. The minimum absolute atomic E-state index is 0.332. The van der Waals surface area contributed by atoms with E-state index in [1.165, 1.54) is 13.0 Å². The number of carbonyl (C=O) groups excluding carboxylic acids is 1. The van der Waals surface area contributed by atoms with E-state index in [1.807, 2.05) is 0 Å². The van der Waals surface area contributed by atoms with E-state index < -0.39 is 35.7 Å². The summed E-state index contributed by atoms with van der Waals surface area (Å²) in [5.41, 5.74) is 0.346. The lowest BCUT2D eigenvalue weighted by molar-refractivity contribution is -0.289. The highest BCUT2D eigenvalue weighted by atomic mass is 32.1. The first-order valence-corrected chi connectivity index (χ1v) is 6.17. The van der Waals surface area contributed by atoms with Crippen molar-refractivity contribution in [2.24, 2.45) is 0 Å². The number of nitrogens with one attached hydrogen (secondary N) is 2. The number of ether oxygens (including phenoxy) is 1. The Hall–Kier alpha value is -2.24. The van der Waals surface area contributed by atoms with Crippen molar-refractivity contribution in [3.63, 3.8) is 0 Å². The molecule has 0 bridgehead atoms. The number of pyridine rings is 1. The Morgan fingerprint density at radius 1 is 1.35 bits per heavy atom. The number of nitrogens with zero attached hydrogens (tertiary/aromatic N) is 1. The molecule has 0 aliphatic carbocycles. The van der Waals surface area contributed by atoms with E-state index in [-0.39, 0.29) is 5.82 Å². The van der Waals surface area contributed by atoms with Crippen LogP contribution in [0.15, 0.2) is 12.1 Å². The summed E-state index contributed by atoms with van der Waals surface area (Å²) in [5, 5.41) is 13.6. The molecule has 0 radical (unpaired) electrons. The number of aromatic nitrogens is 1. The van der Waals surface area contributed by atoms with Crippen LogP contribution in [0.1, 0.15) is 5.69 Å². The predicted molar refractivity (Wildman–Crippen MR) is 70.2 cm³/mol. The zero-order valence-electron chi connectivity index (χ0n) is 11.3. The van der Waals surface area contributed by atoms with Crippen molar-refractivity contribution in [2.45, 2.75) is 19.0 Å². The average molecular weight is 358 g/mol. The van der Waals surface area contributed by atoms with Crippen molar-refractivity contribution in [1.82, 2.24) is 10.3 Å². The summed E-state index contributed by atoms with van der Waals surface area (Å²) in [6, 6.07) is 2.38. The maximum Gasteiger partial charge on any atom is 0.456 e. The lowest BCUT2D eigenvalue weighted by atomic mass is 10.3. The summed E-state index contributed by atoms with van der Waals surface area (Å²) in [6.45, 7) is -0.481. The van der Waals surface area contributed by atoms with Gasteiger partial charge in [-0.3, -0.25) is 0 Å². The number of aryl methyl sites for hydroxylation is 1. The van der Waals surface area contributed by atoms with Crippen LogP contribution < -0.4 is 20.5 Å². The third-order valence-electron chi connectivity index (χ3n) is 2.27. The van der Waals surface area contributed by atoms with E-state index in [9.17, 15) is 31.9 Å². The number of amides is 1. The van der Waals surface area contributed by atoms with Crippen LogP contribution in [0.2, 0.25) is 0 Å². The summed E-state index contributed by atoms with van der Waals surface area (Å²) < 4.78 is 66.4. The molecule has 1 rings (SSSR count).